The van der Waals surface area contributed by atoms with E-state index in [9.17, 15) is 9.90 Å². The Labute approximate surface area is 175 Å². The number of rotatable bonds is 7. The maximum absolute atomic E-state index is 12.2. The molecule has 3 N–H and O–H groups in total. The van der Waals surface area contributed by atoms with Gasteiger partial charge >= 0.3 is 6.09 Å². The maximum Gasteiger partial charge on any atom is 0.407 e. The lowest BCUT2D eigenvalue weighted by Gasteiger charge is -2.11. The zero-order chi connectivity index (χ0) is 20.8. The summed E-state index contributed by atoms with van der Waals surface area (Å²) in [7, 11) is 0. The molecule has 0 bridgehead atoms. The van der Waals surface area contributed by atoms with Crippen molar-refractivity contribution in [2.75, 3.05) is 6.54 Å². The number of amides is 1. The zero-order valence-electron chi connectivity index (χ0n) is 16.6. The number of aromatic hydroxyl groups is 1. The van der Waals surface area contributed by atoms with E-state index in [1.165, 1.54) is 5.56 Å². The molecule has 0 atom stereocenters. The molecule has 1 amide bonds. The van der Waals surface area contributed by atoms with Crippen LogP contribution in [0.2, 0.25) is 0 Å². The van der Waals surface area contributed by atoms with Gasteiger partial charge in [0.2, 0.25) is 0 Å². The minimum absolute atomic E-state index is 0.227. The molecule has 1 aromatic heterocycles. The Kier molecular flexibility index (Phi) is 5.99. The highest BCUT2D eigenvalue weighted by Crippen LogP contribution is 2.23. The average Bonchev–Trinajstić information content (AvgIpc) is 3.16. The summed E-state index contributed by atoms with van der Waals surface area (Å²) in [6.07, 6.45) is 2.90. The fourth-order valence-electron chi connectivity index (χ4n) is 3.55. The van der Waals surface area contributed by atoms with Gasteiger partial charge in [-0.3, -0.25) is 0 Å². The van der Waals surface area contributed by atoms with Crippen LogP contribution in [-0.4, -0.2) is 22.7 Å². The molecule has 4 rings (SSSR count). The Bertz CT molecular complexity index is 1140. The van der Waals surface area contributed by atoms with Crippen molar-refractivity contribution in [2.24, 2.45) is 0 Å². The van der Waals surface area contributed by atoms with Crippen molar-refractivity contribution < 1.29 is 14.6 Å². The number of alkyl carbamates (subject to hydrolysis) is 1. The van der Waals surface area contributed by atoms with Gasteiger partial charge in [-0.25, -0.2) is 4.79 Å². The second-order valence-corrected chi connectivity index (χ2v) is 7.23. The monoisotopic (exact) mass is 400 g/mol. The topological polar surface area (TPSA) is 74.4 Å². The summed E-state index contributed by atoms with van der Waals surface area (Å²) in [5.74, 6) is 0.227. The van der Waals surface area contributed by atoms with Crippen molar-refractivity contribution >= 4 is 17.0 Å². The molecule has 0 saturated heterocycles. The second kappa shape index (κ2) is 9.18. The van der Waals surface area contributed by atoms with Gasteiger partial charge in [0.25, 0.3) is 0 Å². The molecule has 0 spiro atoms. The van der Waals surface area contributed by atoms with Crippen molar-refractivity contribution in [1.29, 1.82) is 0 Å². The number of benzene rings is 3. The molecule has 0 saturated carbocycles. The molecule has 0 fully saturated rings. The number of aromatic nitrogens is 1. The maximum atomic E-state index is 12.2. The van der Waals surface area contributed by atoms with Crippen molar-refractivity contribution in [3.05, 3.63) is 101 Å². The summed E-state index contributed by atoms with van der Waals surface area (Å²) in [6, 6.07) is 23.5. The lowest BCUT2D eigenvalue weighted by Crippen LogP contribution is -2.26. The Balaban J connectivity index is 1.29. The number of ether oxygens (including phenoxy) is 1. The van der Waals surface area contributed by atoms with Crippen LogP contribution in [0.4, 0.5) is 4.79 Å². The standard InChI is InChI=1S/C25H24N2O3/c28-22-10-11-24-23(15-22)20(16-27-24)12-13-26-25(29)30-17-21-9-5-4-8-19(21)14-18-6-2-1-3-7-18/h1-11,15-16,27-28H,12-14,17H2,(H,26,29). The molecule has 30 heavy (non-hydrogen) atoms. The molecule has 0 aliphatic carbocycles. The third-order valence-electron chi connectivity index (χ3n) is 5.13. The van der Waals surface area contributed by atoms with Crippen molar-refractivity contribution in [1.82, 2.24) is 10.3 Å². The van der Waals surface area contributed by atoms with E-state index in [4.69, 9.17) is 4.74 Å². The fourth-order valence-corrected chi connectivity index (χ4v) is 3.55. The minimum atomic E-state index is -0.438. The fraction of sp³-hybridized carbons (Fsp3) is 0.160. The summed E-state index contributed by atoms with van der Waals surface area (Å²) < 4.78 is 5.43. The Morgan fingerprint density at radius 1 is 0.933 bits per heavy atom. The highest BCUT2D eigenvalue weighted by atomic mass is 16.5. The van der Waals surface area contributed by atoms with Crippen LogP contribution in [0.3, 0.4) is 0 Å². The molecule has 3 aromatic carbocycles. The third kappa shape index (κ3) is 4.81. The summed E-state index contributed by atoms with van der Waals surface area (Å²) >= 11 is 0. The summed E-state index contributed by atoms with van der Waals surface area (Å²) in [6.45, 7) is 0.683. The predicted molar refractivity (Wildman–Crippen MR) is 118 cm³/mol. The number of hydrogen-bond acceptors (Lipinski definition) is 3. The predicted octanol–water partition coefficient (Wildman–Crippen LogP) is 4.93. The first-order chi connectivity index (χ1) is 14.7. The van der Waals surface area contributed by atoms with Crippen LogP contribution in [-0.2, 0) is 24.2 Å². The van der Waals surface area contributed by atoms with E-state index in [-0.39, 0.29) is 12.4 Å². The van der Waals surface area contributed by atoms with Crippen LogP contribution in [0, 0.1) is 0 Å². The molecule has 152 valence electrons. The lowest BCUT2D eigenvalue weighted by atomic mass is 10.0. The van der Waals surface area contributed by atoms with E-state index < -0.39 is 6.09 Å². The van der Waals surface area contributed by atoms with E-state index in [1.807, 2.05) is 48.7 Å². The number of hydrogen-bond donors (Lipinski definition) is 3. The molecular formula is C25H24N2O3. The highest BCUT2D eigenvalue weighted by molar-refractivity contribution is 5.84. The number of phenolic OH excluding ortho intramolecular Hbond substituents is 1. The van der Waals surface area contributed by atoms with Crippen LogP contribution in [0.15, 0.2) is 79.0 Å². The van der Waals surface area contributed by atoms with Crippen molar-refractivity contribution in [3.63, 3.8) is 0 Å². The number of aromatic amines is 1. The van der Waals surface area contributed by atoms with Crippen LogP contribution in [0.1, 0.15) is 22.3 Å². The molecule has 0 unspecified atom stereocenters. The van der Waals surface area contributed by atoms with Gasteiger partial charge in [-0.05, 0) is 53.3 Å². The van der Waals surface area contributed by atoms with Gasteiger partial charge in [-0.1, -0.05) is 54.6 Å². The van der Waals surface area contributed by atoms with E-state index in [0.717, 1.165) is 34.0 Å². The van der Waals surface area contributed by atoms with Gasteiger partial charge in [0.1, 0.15) is 12.4 Å². The van der Waals surface area contributed by atoms with Gasteiger partial charge in [0.05, 0.1) is 0 Å². The van der Waals surface area contributed by atoms with E-state index in [1.54, 1.807) is 12.1 Å². The number of nitrogens with one attached hydrogen (secondary N) is 2. The smallest absolute Gasteiger partial charge is 0.407 e. The van der Waals surface area contributed by atoms with Crippen LogP contribution < -0.4 is 5.32 Å². The molecule has 0 radical (unpaired) electrons. The Morgan fingerprint density at radius 3 is 2.53 bits per heavy atom. The van der Waals surface area contributed by atoms with Gasteiger partial charge in [-0.2, -0.15) is 0 Å². The molecule has 5 heteroatoms. The average molecular weight is 400 g/mol. The SMILES string of the molecule is O=C(NCCc1c[nH]c2ccc(O)cc12)OCc1ccccc1Cc1ccccc1. The van der Waals surface area contributed by atoms with E-state index in [0.29, 0.717) is 13.0 Å². The van der Waals surface area contributed by atoms with E-state index >= 15 is 0 Å². The number of fused-ring (bicyclic) bond motifs is 1. The molecule has 0 aliphatic rings. The first-order valence-electron chi connectivity index (χ1n) is 9.99. The number of carbonyl (C=O) groups is 1. The van der Waals surface area contributed by atoms with E-state index in [2.05, 4.69) is 28.5 Å². The normalized spacial score (nSPS) is 10.8. The first-order valence-corrected chi connectivity index (χ1v) is 9.99. The summed E-state index contributed by atoms with van der Waals surface area (Å²) in [5, 5.41) is 13.4. The lowest BCUT2D eigenvalue weighted by molar-refractivity contribution is 0.139. The minimum Gasteiger partial charge on any atom is -0.508 e. The van der Waals surface area contributed by atoms with Crippen LogP contribution in [0.5, 0.6) is 5.75 Å². The van der Waals surface area contributed by atoms with Crippen molar-refractivity contribution in [2.45, 2.75) is 19.4 Å². The largest absolute Gasteiger partial charge is 0.508 e. The molecule has 1 heterocycles. The summed E-state index contributed by atoms with van der Waals surface area (Å²) in [4.78, 5) is 15.3. The third-order valence-corrected chi connectivity index (χ3v) is 5.13. The molecule has 5 nitrogen and oxygen atoms in total. The quantitative estimate of drug-likeness (QED) is 0.412. The highest BCUT2D eigenvalue weighted by Gasteiger charge is 2.09. The van der Waals surface area contributed by atoms with Crippen LogP contribution >= 0.6 is 0 Å². The number of phenols is 1. The van der Waals surface area contributed by atoms with Gasteiger partial charge in [-0.15, -0.1) is 0 Å². The number of H-pyrrole nitrogens is 1. The Hall–Kier alpha value is -3.73. The second-order valence-electron chi connectivity index (χ2n) is 7.23. The van der Waals surface area contributed by atoms with Gasteiger partial charge < -0.3 is 20.1 Å². The van der Waals surface area contributed by atoms with Crippen LogP contribution in [0.25, 0.3) is 10.9 Å². The molecular weight excluding hydrogens is 376 g/mol. The first kappa shape index (κ1) is 19.6. The van der Waals surface area contributed by atoms with Crippen molar-refractivity contribution in [3.8, 4) is 5.75 Å². The summed E-state index contributed by atoms with van der Waals surface area (Å²) in [5.41, 5.74) is 5.37. The zero-order valence-corrected chi connectivity index (χ0v) is 16.6. The Morgan fingerprint density at radius 2 is 1.70 bits per heavy atom. The molecule has 4 aromatic rings. The molecule has 0 aliphatic heterocycles. The van der Waals surface area contributed by atoms with Gasteiger partial charge in [0.15, 0.2) is 0 Å². The number of carbonyl (C=O) groups excluding carboxylic acids is 1. The van der Waals surface area contributed by atoms with Gasteiger partial charge in [0, 0.05) is 23.6 Å².